The molecule has 0 fully saturated rings. The number of imidazole rings is 1. The Morgan fingerprint density at radius 1 is 1.24 bits per heavy atom. The van der Waals surface area contributed by atoms with Gasteiger partial charge in [0, 0.05) is 4.88 Å². The van der Waals surface area contributed by atoms with Crippen molar-refractivity contribution in [3.8, 4) is 0 Å². The molecular weight excluding hydrogens is 228 g/mol. The van der Waals surface area contributed by atoms with Crippen molar-refractivity contribution < 1.29 is 0 Å². The van der Waals surface area contributed by atoms with Gasteiger partial charge < -0.3 is 4.57 Å². The molecule has 0 atom stereocenters. The predicted octanol–water partition coefficient (Wildman–Crippen LogP) is 3.76. The summed E-state index contributed by atoms with van der Waals surface area (Å²) in [7, 11) is 0. The number of aryl methyl sites for hydroxylation is 2. The highest BCUT2D eigenvalue weighted by Crippen LogP contribution is 2.20. The van der Waals surface area contributed by atoms with Crippen LogP contribution >= 0.6 is 11.3 Å². The molecule has 0 unspecified atom stereocenters. The number of benzene rings is 1. The van der Waals surface area contributed by atoms with E-state index in [2.05, 4.69) is 53.0 Å². The van der Waals surface area contributed by atoms with E-state index < -0.39 is 0 Å². The van der Waals surface area contributed by atoms with Crippen LogP contribution in [-0.4, -0.2) is 9.55 Å². The van der Waals surface area contributed by atoms with Crippen molar-refractivity contribution >= 4 is 22.4 Å². The minimum absolute atomic E-state index is 0.913. The SMILES string of the molecule is Cc1cc2ncn(Cc3cccs3)c2cc1C. The highest BCUT2D eigenvalue weighted by atomic mass is 32.1. The number of fused-ring (bicyclic) bond motifs is 1. The van der Waals surface area contributed by atoms with Crippen molar-refractivity contribution in [1.29, 1.82) is 0 Å². The fourth-order valence-electron chi connectivity index (χ4n) is 2.01. The van der Waals surface area contributed by atoms with Crippen LogP contribution in [0.5, 0.6) is 0 Å². The molecule has 2 aromatic heterocycles. The Bertz CT molecular complexity index is 650. The zero-order chi connectivity index (χ0) is 11.8. The van der Waals surface area contributed by atoms with Crippen LogP contribution < -0.4 is 0 Å². The van der Waals surface area contributed by atoms with Gasteiger partial charge in [-0.1, -0.05) is 6.07 Å². The fourth-order valence-corrected chi connectivity index (χ4v) is 2.71. The van der Waals surface area contributed by atoms with Crippen LogP contribution in [0.1, 0.15) is 16.0 Å². The van der Waals surface area contributed by atoms with Crippen molar-refractivity contribution in [3.63, 3.8) is 0 Å². The second-order valence-electron chi connectivity index (χ2n) is 4.38. The van der Waals surface area contributed by atoms with E-state index >= 15 is 0 Å². The molecule has 3 heteroatoms. The molecule has 1 aromatic carbocycles. The van der Waals surface area contributed by atoms with E-state index in [4.69, 9.17) is 0 Å². The Balaban J connectivity index is 2.08. The van der Waals surface area contributed by atoms with Gasteiger partial charge in [0.2, 0.25) is 0 Å². The Morgan fingerprint density at radius 2 is 2.06 bits per heavy atom. The molecule has 0 N–H and O–H groups in total. The van der Waals surface area contributed by atoms with Crippen LogP contribution in [0.25, 0.3) is 11.0 Å². The summed E-state index contributed by atoms with van der Waals surface area (Å²) in [5, 5.41) is 2.11. The monoisotopic (exact) mass is 242 g/mol. The third-order valence-electron chi connectivity index (χ3n) is 3.14. The Hall–Kier alpha value is -1.61. The van der Waals surface area contributed by atoms with Crippen molar-refractivity contribution in [2.45, 2.75) is 20.4 Å². The van der Waals surface area contributed by atoms with Gasteiger partial charge in [-0.05, 0) is 48.6 Å². The zero-order valence-electron chi connectivity index (χ0n) is 9.97. The van der Waals surface area contributed by atoms with E-state index in [1.807, 2.05) is 6.33 Å². The van der Waals surface area contributed by atoms with E-state index in [1.165, 1.54) is 21.5 Å². The fraction of sp³-hybridized carbons (Fsp3) is 0.214. The average Bonchev–Trinajstić information content (AvgIpc) is 2.92. The second-order valence-corrected chi connectivity index (χ2v) is 5.41. The van der Waals surface area contributed by atoms with Crippen molar-refractivity contribution in [2.75, 3.05) is 0 Å². The summed E-state index contributed by atoms with van der Waals surface area (Å²) in [5.41, 5.74) is 4.94. The largest absolute Gasteiger partial charge is 0.325 e. The molecule has 0 aliphatic heterocycles. The Kier molecular flexibility index (Phi) is 2.48. The van der Waals surface area contributed by atoms with Crippen LogP contribution in [0, 0.1) is 13.8 Å². The first-order valence-electron chi connectivity index (χ1n) is 5.68. The molecule has 2 heterocycles. The first-order chi connectivity index (χ1) is 8.24. The van der Waals surface area contributed by atoms with Crippen LogP contribution in [-0.2, 0) is 6.54 Å². The molecule has 0 bridgehead atoms. The van der Waals surface area contributed by atoms with Crippen molar-refractivity contribution in [2.24, 2.45) is 0 Å². The van der Waals surface area contributed by atoms with Gasteiger partial charge in [0.15, 0.2) is 0 Å². The number of hydrogen-bond donors (Lipinski definition) is 0. The van der Waals surface area contributed by atoms with Gasteiger partial charge >= 0.3 is 0 Å². The number of aromatic nitrogens is 2. The van der Waals surface area contributed by atoms with E-state index in [-0.39, 0.29) is 0 Å². The lowest BCUT2D eigenvalue weighted by Crippen LogP contribution is -1.96. The first kappa shape index (κ1) is 10.5. The number of thiophene rings is 1. The third kappa shape index (κ3) is 1.87. The molecule has 0 aliphatic rings. The molecule has 3 aromatic rings. The summed E-state index contributed by atoms with van der Waals surface area (Å²) in [6.45, 7) is 5.20. The van der Waals surface area contributed by atoms with Crippen LogP contribution in [0.4, 0.5) is 0 Å². The predicted molar refractivity (Wildman–Crippen MR) is 72.6 cm³/mol. The van der Waals surface area contributed by atoms with Gasteiger partial charge in [-0.25, -0.2) is 4.98 Å². The van der Waals surface area contributed by atoms with Gasteiger partial charge in [-0.15, -0.1) is 11.3 Å². The zero-order valence-corrected chi connectivity index (χ0v) is 10.8. The molecule has 3 rings (SSSR count). The third-order valence-corrected chi connectivity index (χ3v) is 4.00. The van der Waals surface area contributed by atoms with Gasteiger partial charge in [0.05, 0.1) is 23.9 Å². The molecule has 17 heavy (non-hydrogen) atoms. The summed E-state index contributed by atoms with van der Waals surface area (Å²) in [6.07, 6.45) is 1.93. The Labute approximate surface area is 105 Å². The summed E-state index contributed by atoms with van der Waals surface area (Å²) in [5.74, 6) is 0. The normalized spacial score (nSPS) is 11.2. The van der Waals surface area contributed by atoms with E-state index in [0.717, 1.165) is 12.1 Å². The van der Waals surface area contributed by atoms with Gasteiger partial charge in [-0.2, -0.15) is 0 Å². The lowest BCUT2D eigenvalue weighted by atomic mass is 10.1. The van der Waals surface area contributed by atoms with E-state index in [1.54, 1.807) is 11.3 Å². The summed E-state index contributed by atoms with van der Waals surface area (Å²) in [6, 6.07) is 8.65. The van der Waals surface area contributed by atoms with E-state index in [0.29, 0.717) is 0 Å². The minimum Gasteiger partial charge on any atom is -0.325 e. The van der Waals surface area contributed by atoms with Crippen LogP contribution in [0.15, 0.2) is 36.0 Å². The van der Waals surface area contributed by atoms with Gasteiger partial charge in [-0.3, -0.25) is 0 Å². The lowest BCUT2D eigenvalue weighted by Gasteiger charge is -2.04. The molecule has 0 saturated heterocycles. The Morgan fingerprint density at radius 3 is 2.82 bits per heavy atom. The highest BCUT2D eigenvalue weighted by molar-refractivity contribution is 7.09. The molecule has 0 radical (unpaired) electrons. The van der Waals surface area contributed by atoms with E-state index in [9.17, 15) is 0 Å². The minimum atomic E-state index is 0.913. The topological polar surface area (TPSA) is 17.8 Å². The first-order valence-corrected chi connectivity index (χ1v) is 6.56. The standard InChI is InChI=1S/C14H14N2S/c1-10-6-13-14(7-11(10)2)16(9-15-13)8-12-4-3-5-17-12/h3-7,9H,8H2,1-2H3. The van der Waals surface area contributed by atoms with Gasteiger partial charge in [0.25, 0.3) is 0 Å². The van der Waals surface area contributed by atoms with Crippen molar-refractivity contribution in [1.82, 2.24) is 9.55 Å². The summed E-state index contributed by atoms with van der Waals surface area (Å²) in [4.78, 5) is 5.83. The molecule has 2 nitrogen and oxygen atoms in total. The highest BCUT2D eigenvalue weighted by Gasteiger charge is 2.05. The van der Waals surface area contributed by atoms with Crippen LogP contribution in [0.2, 0.25) is 0 Å². The number of hydrogen-bond acceptors (Lipinski definition) is 2. The maximum Gasteiger partial charge on any atom is 0.0961 e. The molecule has 0 saturated carbocycles. The summed E-state index contributed by atoms with van der Waals surface area (Å²) >= 11 is 1.79. The molecule has 86 valence electrons. The average molecular weight is 242 g/mol. The lowest BCUT2D eigenvalue weighted by molar-refractivity contribution is 0.838. The molecule has 0 amide bonds. The summed E-state index contributed by atoms with van der Waals surface area (Å²) < 4.78 is 2.22. The molecular formula is C14H14N2S. The van der Waals surface area contributed by atoms with Crippen LogP contribution in [0.3, 0.4) is 0 Å². The molecule has 0 aliphatic carbocycles. The smallest absolute Gasteiger partial charge is 0.0961 e. The number of nitrogens with zero attached hydrogens (tertiary/aromatic N) is 2. The molecule has 0 spiro atoms. The number of rotatable bonds is 2. The quantitative estimate of drug-likeness (QED) is 0.669. The maximum absolute atomic E-state index is 4.47. The maximum atomic E-state index is 4.47. The van der Waals surface area contributed by atoms with Crippen molar-refractivity contribution in [3.05, 3.63) is 52.0 Å². The second kappa shape index (κ2) is 4.00. The van der Waals surface area contributed by atoms with Gasteiger partial charge in [0.1, 0.15) is 0 Å².